The zero-order valence-electron chi connectivity index (χ0n) is 12.0. The fourth-order valence-electron chi connectivity index (χ4n) is 3.53. The molecule has 3 rings (SSSR count). The van der Waals surface area contributed by atoms with Crippen LogP contribution in [0.2, 0.25) is 0 Å². The van der Waals surface area contributed by atoms with Crippen molar-refractivity contribution in [2.75, 3.05) is 13.2 Å². The molecular formula is C17H23NO2. The van der Waals surface area contributed by atoms with Crippen molar-refractivity contribution < 1.29 is 9.90 Å². The Morgan fingerprint density at radius 3 is 2.80 bits per heavy atom. The van der Waals surface area contributed by atoms with Gasteiger partial charge in [-0.15, -0.1) is 0 Å². The lowest BCUT2D eigenvalue weighted by Crippen LogP contribution is -2.38. The van der Waals surface area contributed by atoms with Crippen LogP contribution in [0.25, 0.3) is 0 Å². The summed E-state index contributed by atoms with van der Waals surface area (Å²) in [6.07, 6.45) is 7.32. The van der Waals surface area contributed by atoms with Crippen LogP contribution in [0.1, 0.15) is 42.4 Å². The van der Waals surface area contributed by atoms with Gasteiger partial charge in [0.25, 0.3) is 0 Å². The van der Waals surface area contributed by atoms with Crippen molar-refractivity contribution in [2.45, 2.75) is 51.0 Å². The average Bonchev–Trinajstić information content (AvgIpc) is 2.95. The van der Waals surface area contributed by atoms with Gasteiger partial charge in [0.15, 0.2) is 0 Å². The molecule has 0 spiro atoms. The highest BCUT2D eigenvalue weighted by molar-refractivity contribution is 5.79. The number of nitrogens with zero attached hydrogens (tertiary/aromatic N) is 1. The fourth-order valence-corrected chi connectivity index (χ4v) is 3.53. The summed E-state index contributed by atoms with van der Waals surface area (Å²) in [5.74, 6) is 0.164. The van der Waals surface area contributed by atoms with E-state index in [4.69, 9.17) is 0 Å². The van der Waals surface area contributed by atoms with E-state index in [2.05, 4.69) is 18.2 Å². The van der Waals surface area contributed by atoms with Gasteiger partial charge in [0.05, 0.1) is 19.1 Å². The van der Waals surface area contributed by atoms with Gasteiger partial charge in [-0.3, -0.25) is 4.79 Å². The van der Waals surface area contributed by atoms with E-state index in [0.29, 0.717) is 6.42 Å². The molecule has 3 nitrogen and oxygen atoms in total. The van der Waals surface area contributed by atoms with E-state index < -0.39 is 0 Å². The van der Waals surface area contributed by atoms with Crippen molar-refractivity contribution in [3.63, 3.8) is 0 Å². The molecule has 108 valence electrons. The second-order valence-electron chi connectivity index (χ2n) is 6.05. The molecule has 1 saturated heterocycles. The molecule has 1 aromatic rings. The minimum absolute atomic E-state index is 0.0418. The van der Waals surface area contributed by atoms with Crippen molar-refractivity contribution >= 4 is 5.91 Å². The molecule has 1 aliphatic heterocycles. The summed E-state index contributed by atoms with van der Waals surface area (Å²) in [7, 11) is 0. The van der Waals surface area contributed by atoms with Gasteiger partial charge in [0, 0.05) is 6.54 Å². The van der Waals surface area contributed by atoms with Gasteiger partial charge >= 0.3 is 0 Å². The lowest BCUT2D eigenvalue weighted by Gasteiger charge is -2.23. The van der Waals surface area contributed by atoms with Gasteiger partial charge in [0.2, 0.25) is 5.91 Å². The first-order valence-electron chi connectivity index (χ1n) is 7.79. The third-order valence-electron chi connectivity index (χ3n) is 4.68. The Labute approximate surface area is 120 Å². The highest BCUT2D eigenvalue weighted by Gasteiger charge is 2.27. The van der Waals surface area contributed by atoms with Crippen LogP contribution >= 0.6 is 0 Å². The van der Waals surface area contributed by atoms with Gasteiger partial charge in [-0.2, -0.15) is 0 Å². The summed E-state index contributed by atoms with van der Waals surface area (Å²) in [6, 6.07) is 6.56. The molecule has 1 heterocycles. The Bertz CT molecular complexity index is 498. The third kappa shape index (κ3) is 2.73. The standard InChI is InChI=1S/C17H23NO2/c19-12-16-6-3-9-18(16)17(20)11-13-7-8-14-4-1-2-5-15(14)10-13/h7-8,10,16,19H,1-6,9,11-12H2/t16-/m1/s1. The fraction of sp³-hybridized carbons (Fsp3) is 0.588. The molecule has 1 N–H and O–H groups in total. The second kappa shape index (κ2) is 5.96. The van der Waals surface area contributed by atoms with Gasteiger partial charge < -0.3 is 10.0 Å². The van der Waals surface area contributed by atoms with E-state index in [-0.39, 0.29) is 18.6 Å². The molecule has 0 unspecified atom stereocenters. The van der Waals surface area contributed by atoms with E-state index in [9.17, 15) is 9.90 Å². The van der Waals surface area contributed by atoms with Gasteiger partial charge in [-0.05, 0) is 55.2 Å². The quantitative estimate of drug-likeness (QED) is 0.916. The molecule has 1 amide bonds. The summed E-state index contributed by atoms with van der Waals surface area (Å²) in [6.45, 7) is 0.894. The smallest absolute Gasteiger partial charge is 0.227 e. The van der Waals surface area contributed by atoms with E-state index >= 15 is 0 Å². The van der Waals surface area contributed by atoms with Crippen LogP contribution in [0.5, 0.6) is 0 Å². The summed E-state index contributed by atoms with van der Waals surface area (Å²) in [5, 5.41) is 9.32. The predicted octanol–water partition coefficient (Wildman–Crippen LogP) is 2.09. The maximum absolute atomic E-state index is 12.4. The van der Waals surface area contributed by atoms with Crippen LogP contribution in [0, 0.1) is 0 Å². The van der Waals surface area contributed by atoms with E-state index in [0.717, 1.165) is 31.4 Å². The van der Waals surface area contributed by atoms with E-state index in [1.807, 2.05) is 4.90 Å². The number of amides is 1. The SMILES string of the molecule is O=C(Cc1ccc2c(c1)CCCC2)N1CCC[C@@H]1CO. The zero-order valence-corrected chi connectivity index (χ0v) is 12.0. The van der Waals surface area contributed by atoms with Crippen molar-refractivity contribution in [3.05, 3.63) is 34.9 Å². The topological polar surface area (TPSA) is 40.5 Å². The maximum atomic E-state index is 12.4. The number of rotatable bonds is 3. The zero-order chi connectivity index (χ0) is 13.9. The first kappa shape index (κ1) is 13.6. The largest absolute Gasteiger partial charge is 0.394 e. The number of fused-ring (bicyclic) bond motifs is 1. The van der Waals surface area contributed by atoms with Gasteiger partial charge in [0.1, 0.15) is 0 Å². The van der Waals surface area contributed by atoms with Crippen molar-refractivity contribution in [1.29, 1.82) is 0 Å². The number of carbonyl (C=O) groups is 1. The molecule has 1 fully saturated rings. The molecule has 20 heavy (non-hydrogen) atoms. The molecular weight excluding hydrogens is 250 g/mol. The number of aryl methyl sites for hydroxylation is 2. The number of hydrogen-bond donors (Lipinski definition) is 1. The first-order valence-corrected chi connectivity index (χ1v) is 7.79. The minimum atomic E-state index is 0.0418. The third-order valence-corrected chi connectivity index (χ3v) is 4.68. The number of benzene rings is 1. The Morgan fingerprint density at radius 2 is 2.00 bits per heavy atom. The molecule has 1 atom stereocenters. The number of carbonyl (C=O) groups excluding carboxylic acids is 1. The summed E-state index contributed by atoms with van der Waals surface area (Å²) < 4.78 is 0. The lowest BCUT2D eigenvalue weighted by atomic mass is 9.90. The Morgan fingerprint density at radius 1 is 1.20 bits per heavy atom. The number of likely N-dealkylation sites (tertiary alicyclic amines) is 1. The first-order chi connectivity index (χ1) is 9.78. The Kier molecular flexibility index (Phi) is 4.06. The summed E-state index contributed by atoms with van der Waals surface area (Å²) in [5.41, 5.74) is 4.02. The molecule has 0 aromatic heterocycles. The molecule has 1 aromatic carbocycles. The maximum Gasteiger partial charge on any atom is 0.227 e. The van der Waals surface area contributed by atoms with Crippen molar-refractivity contribution in [3.8, 4) is 0 Å². The summed E-state index contributed by atoms with van der Waals surface area (Å²) >= 11 is 0. The van der Waals surface area contributed by atoms with E-state index in [1.54, 1.807) is 0 Å². The molecule has 0 saturated carbocycles. The van der Waals surface area contributed by atoms with Gasteiger partial charge in [-0.25, -0.2) is 0 Å². The molecule has 3 heteroatoms. The lowest BCUT2D eigenvalue weighted by molar-refractivity contribution is -0.131. The van der Waals surface area contributed by atoms with Gasteiger partial charge in [-0.1, -0.05) is 18.2 Å². The number of aliphatic hydroxyl groups is 1. The van der Waals surface area contributed by atoms with Crippen LogP contribution in [-0.2, 0) is 24.1 Å². The predicted molar refractivity (Wildman–Crippen MR) is 78.6 cm³/mol. The van der Waals surface area contributed by atoms with Crippen LogP contribution in [0.15, 0.2) is 18.2 Å². The van der Waals surface area contributed by atoms with Crippen LogP contribution in [-0.4, -0.2) is 35.1 Å². The van der Waals surface area contributed by atoms with Crippen molar-refractivity contribution in [1.82, 2.24) is 4.90 Å². The Balaban J connectivity index is 1.69. The highest BCUT2D eigenvalue weighted by atomic mass is 16.3. The van der Waals surface area contributed by atoms with Crippen molar-refractivity contribution in [2.24, 2.45) is 0 Å². The molecule has 0 bridgehead atoms. The molecule has 1 aliphatic carbocycles. The normalized spacial score (nSPS) is 21.9. The molecule has 2 aliphatic rings. The van der Waals surface area contributed by atoms with E-state index in [1.165, 1.54) is 30.4 Å². The number of aliphatic hydroxyl groups excluding tert-OH is 1. The summed E-state index contributed by atoms with van der Waals surface area (Å²) in [4.78, 5) is 14.2. The van der Waals surface area contributed by atoms with Crippen LogP contribution in [0.3, 0.4) is 0 Å². The average molecular weight is 273 g/mol. The minimum Gasteiger partial charge on any atom is -0.394 e. The second-order valence-corrected chi connectivity index (χ2v) is 6.05. The highest BCUT2D eigenvalue weighted by Crippen LogP contribution is 2.23. The van der Waals surface area contributed by atoms with Crippen LogP contribution < -0.4 is 0 Å². The Hall–Kier alpha value is -1.35. The monoisotopic (exact) mass is 273 g/mol. The van der Waals surface area contributed by atoms with Crippen LogP contribution in [0.4, 0.5) is 0 Å². The molecule has 0 radical (unpaired) electrons. The number of hydrogen-bond acceptors (Lipinski definition) is 2.